The highest BCUT2D eigenvalue weighted by Gasteiger charge is 1.94. The van der Waals surface area contributed by atoms with E-state index >= 15 is 0 Å². The quantitative estimate of drug-likeness (QED) is 0.0660. The van der Waals surface area contributed by atoms with Gasteiger partial charge in [0.05, 0.1) is 0 Å². The summed E-state index contributed by atoms with van der Waals surface area (Å²) in [4.78, 5) is 18.0. The van der Waals surface area contributed by atoms with E-state index in [-0.39, 0.29) is 0 Å². The van der Waals surface area contributed by atoms with Crippen LogP contribution in [0.25, 0.3) is 0 Å². The lowest BCUT2D eigenvalue weighted by molar-refractivity contribution is -0.135. The Morgan fingerprint density at radius 3 is 0.595 bits per heavy atom. The van der Waals surface area contributed by atoms with E-state index in [1.807, 2.05) is 0 Å². The Morgan fingerprint density at radius 2 is 0.476 bits per heavy atom. The maximum absolute atomic E-state index is 9.00. The summed E-state index contributed by atoms with van der Waals surface area (Å²) in [6.07, 6.45) is 39.8. The Balaban J connectivity index is -0.000000277. The molecule has 0 aromatic carbocycles. The molecule has 0 atom stereocenters. The van der Waals surface area contributed by atoms with Crippen LogP contribution in [0.5, 0.6) is 0 Å². The van der Waals surface area contributed by atoms with Gasteiger partial charge in [0, 0.05) is 13.8 Å². The van der Waals surface area contributed by atoms with E-state index in [0.717, 1.165) is 26.9 Å². The highest BCUT2D eigenvalue weighted by molar-refractivity contribution is 5.63. The van der Waals surface area contributed by atoms with Crippen LogP contribution in [-0.4, -0.2) is 35.2 Å². The fraction of sp³-hybridized carbons (Fsp3) is 0.944. The minimum Gasteiger partial charge on any atom is -0.481 e. The van der Waals surface area contributed by atoms with Crippen molar-refractivity contribution >= 4 is 11.9 Å². The number of carboxylic acid groups (broad SMARTS) is 2. The standard InChI is InChI=1S/C18H39N.C14H31N.2C2H4O2/c1-2-3-4-5-6-7-8-9-10-11-12-13-14-15-16-17-18-19;1-2-3-4-5-6-7-8-9-10-11-12-13-14-15;2*1-2(3)4/h2-19H2,1H3;2-15H2,1H3;2*1H3,(H,3,4). The van der Waals surface area contributed by atoms with Gasteiger partial charge in [0.25, 0.3) is 11.9 Å². The van der Waals surface area contributed by atoms with Gasteiger partial charge < -0.3 is 21.7 Å². The molecule has 0 unspecified atom stereocenters. The molecule has 6 nitrogen and oxygen atoms in total. The molecular weight excluding hydrogens is 524 g/mol. The number of hydrogen-bond donors (Lipinski definition) is 4. The summed E-state index contributed by atoms with van der Waals surface area (Å²) in [5.74, 6) is -1.67. The molecular formula is C36H78N2O4. The summed E-state index contributed by atoms with van der Waals surface area (Å²) >= 11 is 0. The Bertz CT molecular complexity index is 427. The van der Waals surface area contributed by atoms with Gasteiger partial charge in [-0.25, -0.2) is 0 Å². The van der Waals surface area contributed by atoms with Gasteiger partial charge in [-0.2, -0.15) is 0 Å². The summed E-state index contributed by atoms with van der Waals surface area (Å²) in [7, 11) is 0. The number of carbonyl (C=O) groups is 2. The summed E-state index contributed by atoms with van der Waals surface area (Å²) < 4.78 is 0. The first-order valence-electron chi connectivity index (χ1n) is 18.1. The zero-order chi connectivity index (χ0) is 32.4. The predicted octanol–water partition coefficient (Wildman–Crippen LogP) is 11.0. The van der Waals surface area contributed by atoms with Crippen molar-refractivity contribution in [2.75, 3.05) is 13.1 Å². The summed E-state index contributed by atoms with van der Waals surface area (Å²) in [6.45, 7) is 8.48. The molecule has 0 saturated heterocycles. The highest BCUT2D eigenvalue weighted by atomic mass is 16.4. The van der Waals surface area contributed by atoms with Gasteiger partial charge in [-0.1, -0.05) is 181 Å². The van der Waals surface area contributed by atoms with Crippen LogP contribution in [0.4, 0.5) is 0 Å². The van der Waals surface area contributed by atoms with Crippen molar-refractivity contribution in [3.05, 3.63) is 0 Å². The van der Waals surface area contributed by atoms with Crippen LogP contribution in [0.3, 0.4) is 0 Å². The normalized spacial score (nSPS) is 10.0. The predicted molar refractivity (Wildman–Crippen MR) is 185 cm³/mol. The smallest absolute Gasteiger partial charge is 0.300 e. The van der Waals surface area contributed by atoms with Gasteiger partial charge in [-0.3, -0.25) is 9.59 Å². The van der Waals surface area contributed by atoms with Crippen LogP contribution in [-0.2, 0) is 9.59 Å². The summed E-state index contributed by atoms with van der Waals surface area (Å²) in [6, 6.07) is 0. The van der Waals surface area contributed by atoms with Crippen molar-refractivity contribution in [3.63, 3.8) is 0 Å². The van der Waals surface area contributed by atoms with Gasteiger partial charge in [0.15, 0.2) is 0 Å². The van der Waals surface area contributed by atoms with Crippen molar-refractivity contribution in [1.82, 2.24) is 0 Å². The third kappa shape index (κ3) is 77.2. The van der Waals surface area contributed by atoms with Crippen molar-refractivity contribution in [3.8, 4) is 0 Å². The average Bonchev–Trinajstić information content (AvgIpc) is 2.94. The van der Waals surface area contributed by atoms with Crippen molar-refractivity contribution < 1.29 is 19.8 Å². The molecule has 0 amide bonds. The van der Waals surface area contributed by atoms with Crippen LogP contribution in [0, 0.1) is 0 Å². The number of aliphatic carboxylic acids is 2. The maximum Gasteiger partial charge on any atom is 0.300 e. The molecule has 0 rings (SSSR count). The molecule has 0 spiro atoms. The van der Waals surface area contributed by atoms with Crippen LogP contribution in [0.2, 0.25) is 0 Å². The fourth-order valence-electron chi connectivity index (χ4n) is 4.68. The monoisotopic (exact) mass is 603 g/mol. The number of rotatable bonds is 28. The molecule has 0 fully saturated rings. The average molecular weight is 603 g/mol. The van der Waals surface area contributed by atoms with Gasteiger partial charge in [-0.15, -0.1) is 0 Å². The second kappa shape index (κ2) is 49.5. The van der Waals surface area contributed by atoms with Crippen molar-refractivity contribution in [2.24, 2.45) is 11.5 Å². The molecule has 256 valence electrons. The lowest BCUT2D eigenvalue weighted by atomic mass is 10.0. The molecule has 0 aromatic rings. The third-order valence-electron chi connectivity index (χ3n) is 7.12. The molecule has 0 aliphatic rings. The Kier molecular flexibility index (Phi) is 56.4. The first-order chi connectivity index (χ1) is 20.3. The number of unbranched alkanes of at least 4 members (excludes halogenated alkanes) is 26. The molecule has 0 aliphatic carbocycles. The van der Waals surface area contributed by atoms with E-state index in [2.05, 4.69) is 13.8 Å². The van der Waals surface area contributed by atoms with E-state index in [4.69, 9.17) is 31.3 Å². The second-order valence-electron chi connectivity index (χ2n) is 11.8. The second-order valence-corrected chi connectivity index (χ2v) is 11.8. The zero-order valence-electron chi connectivity index (χ0n) is 29.1. The first kappa shape index (κ1) is 47.8. The summed E-state index contributed by atoms with van der Waals surface area (Å²) in [5, 5.41) is 14.8. The molecule has 0 aliphatic heterocycles. The Morgan fingerprint density at radius 1 is 0.357 bits per heavy atom. The summed E-state index contributed by atoms with van der Waals surface area (Å²) in [5.41, 5.74) is 10.9. The van der Waals surface area contributed by atoms with Gasteiger partial charge >= 0.3 is 0 Å². The lowest BCUT2D eigenvalue weighted by Crippen LogP contribution is -1.97. The molecule has 6 heteroatoms. The van der Waals surface area contributed by atoms with Gasteiger partial charge in [0.1, 0.15) is 0 Å². The zero-order valence-corrected chi connectivity index (χ0v) is 29.1. The first-order valence-corrected chi connectivity index (χ1v) is 18.1. The topological polar surface area (TPSA) is 127 Å². The van der Waals surface area contributed by atoms with Crippen molar-refractivity contribution in [2.45, 2.75) is 207 Å². The third-order valence-corrected chi connectivity index (χ3v) is 7.12. The molecule has 6 N–H and O–H groups in total. The van der Waals surface area contributed by atoms with E-state index in [1.54, 1.807) is 0 Å². The van der Waals surface area contributed by atoms with Crippen molar-refractivity contribution in [1.29, 1.82) is 0 Å². The van der Waals surface area contributed by atoms with Crippen LogP contribution in [0.1, 0.15) is 207 Å². The van der Waals surface area contributed by atoms with Crippen LogP contribution in [0.15, 0.2) is 0 Å². The molecule has 0 radical (unpaired) electrons. The largest absolute Gasteiger partial charge is 0.481 e. The minimum atomic E-state index is -0.833. The molecule has 0 bridgehead atoms. The number of nitrogens with two attached hydrogens (primary N) is 2. The van der Waals surface area contributed by atoms with E-state index in [9.17, 15) is 0 Å². The molecule has 42 heavy (non-hydrogen) atoms. The fourth-order valence-corrected chi connectivity index (χ4v) is 4.68. The van der Waals surface area contributed by atoms with Crippen LogP contribution >= 0.6 is 0 Å². The Labute approximate surface area is 263 Å². The Hall–Kier alpha value is -1.14. The molecule has 0 saturated carbocycles. The van der Waals surface area contributed by atoms with E-state index in [1.165, 1.54) is 180 Å². The van der Waals surface area contributed by atoms with Gasteiger partial charge in [-0.05, 0) is 25.9 Å². The van der Waals surface area contributed by atoms with Gasteiger partial charge in [0.2, 0.25) is 0 Å². The van der Waals surface area contributed by atoms with Crippen LogP contribution < -0.4 is 11.5 Å². The number of hydrogen-bond acceptors (Lipinski definition) is 4. The maximum atomic E-state index is 9.00. The molecule has 0 aromatic heterocycles. The number of carboxylic acids is 2. The molecule has 0 heterocycles. The SMILES string of the molecule is CC(=O)O.CC(=O)O.CCCCCCCCCCCCCCCCCCN.CCCCCCCCCCCCCCN. The lowest BCUT2D eigenvalue weighted by Gasteiger charge is -2.03. The highest BCUT2D eigenvalue weighted by Crippen LogP contribution is 2.14. The van der Waals surface area contributed by atoms with E-state index in [0.29, 0.717) is 0 Å². The van der Waals surface area contributed by atoms with E-state index < -0.39 is 11.9 Å². The minimum absolute atomic E-state index is 0.833.